The van der Waals surface area contributed by atoms with Gasteiger partial charge in [-0.3, -0.25) is 14.9 Å². The number of benzene rings is 1. The third-order valence-corrected chi connectivity index (χ3v) is 2.84. The number of furan rings is 1. The van der Waals surface area contributed by atoms with Gasteiger partial charge in [-0.15, -0.1) is 0 Å². The maximum Gasteiger partial charge on any atom is 0.284 e. The highest BCUT2D eigenvalue weighted by Crippen LogP contribution is 2.31. The molecule has 0 unspecified atom stereocenters. The Morgan fingerprint density at radius 2 is 2.06 bits per heavy atom. The standard InChI is InChI=1S/C11H6BrNO4/c12-9-3-1-7(5-10(9)13(15)16)11-4-2-8(6-14)17-11/h1-6H. The van der Waals surface area contributed by atoms with Crippen LogP contribution in [-0.2, 0) is 0 Å². The van der Waals surface area contributed by atoms with Gasteiger partial charge in [-0.05, 0) is 40.2 Å². The fourth-order valence-electron chi connectivity index (χ4n) is 1.38. The molecule has 0 N–H and O–H groups in total. The van der Waals surface area contributed by atoms with E-state index in [0.717, 1.165) is 0 Å². The van der Waals surface area contributed by atoms with Crippen LogP contribution < -0.4 is 0 Å². The van der Waals surface area contributed by atoms with Crippen LogP contribution in [0.3, 0.4) is 0 Å². The first-order chi connectivity index (χ1) is 8.11. The van der Waals surface area contributed by atoms with Crippen molar-refractivity contribution in [2.75, 3.05) is 0 Å². The van der Waals surface area contributed by atoms with Crippen molar-refractivity contribution in [1.29, 1.82) is 0 Å². The Labute approximate surface area is 104 Å². The summed E-state index contributed by atoms with van der Waals surface area (Å²) in [5.74, 6) is 0.605. The van der Waals surface area contributed by atoms with E-state index >= 15 is 0 Å². The maximum atomic E-state index is 10.8. The highest BCUT2D eigenvalue weighted by Gasteiger charge is 2.14. The lowest BCUT2D eigenvalue weighted by atomic mass is 10.1. The van der Waals surface area contributed by atoms with Gasteiger partial charge in [0.2, 0.25) is 0 Å². The molecule has 0 bridgehead atoms. The average Bonchev–Trinajstić information content (AvgIpc) is 2.78. The molecule has 17 heavy (non-hydrogen) atoms. The van der Waals surface area contributed by atoms with Crippen molar-refractivity contribution in [3.8, 4) is 11.3 Å². The van der Waals surface area contributed by atoms with Crippen LogP contribution in [0.5, 0.6) is 0 Å². The van der Waals surface area contributed by atoms with Crippen molar-refractivity contribution in [3.63, 3.8) is 0 Å². The van der Waals surface area contributed by atoms with Gasteiger partial charge < -0.3 is 4.42 Å². The first-order valence-corrected chi connectivity index (χ1v) is 5.40. The molecule has 0 atom stereocenters. The van der Waals surface area contributed by atoms with E-state index in [4.69, 9.17) is 4.42 Å². The first kappa shape index (κ1) is 11.5. The largest absolute Gasteiger partial charge is 0.453 e. The Hall–Kier alpha value is -1.95. The zero-order chi connectivity index (χ0) is 12.4. The molecule has 2 rings (SSSR count). The molecule has 0 saturated heterocycles. The molecule has 6 heteroatoms. The average molecular weight is 296 g/mol. The SMILES string of the molecule is O=Cc1ccc(-c2ccc(Br)c([N+](=O)[O-])c2)o1. The van der Waals surface area contributed by atoms with Crippen LogP contribution in [0.15, 0.2) is 39.2 Å². The van der Waals surface area contributed by atoms with Crippen molar-refractivity contribution >= 4 is 27.9 Å². The van der Waals surface area contributed by atoms with Gasteiger partial charge in [0, 0.05) is 11.6 Å². The third-order valence-electron chi connectivity index (χ3n) is 2.17. The minimum atomic E-state index is -0.489. The van der Waals surface area contributed by atoms with Crippen LogP contribution in [0.25, 0.3) is 11.3 Å². The van der Waals surface area contributed by atoms with E-state index in [1.54, 1.807) is 18.2 Å². The second-order valence-electron chi connectivity index (χ2n) is 3.24. The van der Waals surface area contributed by atoms with Crippen molar-refractivity contribution in [2.24, 2.45) is 0 Å². The van der Waals surface area contributed by atoms with Crippen LogP contribution in [-0.4, -0.2) is 11.2 Å². The van der Waals surface area contributed by atoms with Gasteiger partial charge >= 0.3 is 0 Å². The van der Waals surface area contributed by atoms with Gasteiger partial charge in [0.15, 0.2) is 12.0 Å². The normalized spacial score (nSPS) is 10.2. The van der Waals surface area contributed by atoms with Crippen LogP contribution in [0.2, 0.25) is 0 Å². The Morgan fingerprint density at radius 3 is 2.65 bits per heavy atom. The lowest BCUT2D eigenvalue weighted by molar-refractivity contribution is -0.385. The van der Waals surface area contributed by atoms with E-state index in [1.165, 1.54) is 12.1 Å². The third kappa shape index (κ3) is 2.26. The number of nitro benzene ring substituents is 1. The Balaban J connectivity index is 2.49. The molecule has 0 fully saturated rings. The molecule has 0 amide bonds. The number of nitro groups is 1. The molecule has 86 valence electrons. The molecule has 1 aromatic heterocycles. The van der Waals surface area contributed by atoms with E-state index in [1.807, 2.05) is 0 Å². The lowest BCUT2D eigenvalue weighted by Crippen LogP contribution is -1.89. The topological polar surface area (TPSA) is 73.3 Å². The fraction of sp³-hybridized carbons (Fsp3) is 0. The number of hydrogen-bond acceptors (Lipinski definition) is 4. The molecule has 0 aliphatic carbocycles. The summed E-state index contributed by atoms with van der Waals surface area (Å²) in [5, 5.41) is 10.8. The molecule has 1 heterocycles. The monoisotopic (exact) mass is 295 g/mol. The van der Waals surface area contributed by atoms with Gasteiger partial charge in [0.1, 0.15) is 5.76 Å². The minimum Gasteiger partial charge on any atom is -0.453 e. The van der Waals surface area contributed by atoms with Crippen molar-refractivity contribution in [1.82, 2.24) is 0 Å². The summed E-state index contributed by atoms with van der Waals surface area (Å²) in [6.07, 6.45) is 0.580. The van der Waals surface area contributed by atoms with Gasteiger partial charge in [0.25, 0.3) is 5.69 Å². The van der Waals surface area contributed by atoms with Crippen LogP contribution >= 0.6 is 15.9 Å². The second-order valence-corrected chi connectivity index (χ2v) is 4.10. The first-order valence-electron chi connectivity index (χ1n) is 4.61. The van der Waals surface area contributed by atoms with Crippen molar-refractivity contribution < 1.29 is 14.1 Å². The Morgan fingerprint density at radius 1 is 1.29 bits per heavy atom. The number of nitrogens with zero attached hydrogens (tertiary/aromatic N) is 1. The molecule has 2 aromatic rings. The molecule has 0 saturated carbocycles. The summed E-state index contributed by atoms with van der Waals surface area (Å²) >= 11 is 3.09. The summed E-state index contributed by atoms with van der Waals surface area (Å²) in [5.41, 5.74) is 0.500. The highest BCUT2D eigenvalue weighted by atomic mass is 79.9. The molecule has 0 aliphatic heterocycles. The Kier molecular flexibility index (Phi) is 3.06. The van der Waals surface area contributed by atoms with Crippen LogP contribution in [0, 0.1) is 10.1 Å². The molecule has 0 aliphatic rings. The molecule has 1 aromatic carbocycles. The number of hydrogen-bond donors (Lipinski definition) is 0. The van der Waals surface area contributed by atoms with Gasteiger partial charge in [-0.25, -0.2) is 0 Å². The maximum absolute atomic E-state index is 10.8. The zero-order valence-corrected chi connectivity index (χ0v) is 10.0. The highest BCUT2D eigenvalue weighted by molar-refractivity contribution is 9.10. The Bertz CT molecular complexity index is 591. The number of halogens is 1. The summed E-state index contributed by atoms with van der Waals surface area (Å²) in [6, 6.07) is 7.73. The van der Waals surface area contributed by atoms with E-state index in [0.29, 0.717) is 22.1 Å². The van der Waals surface area contributed by atoms with Crippen molar-refractivity contribution in [2.45, 2.75) is 0 Å². The summed E-state index contributed by atoms with van der Waals surface area (Å²) in [6.45, 7) is 0. The number of carbonyl (C=O) groups excluding carboxylic acids is 1. The van der Waals surface area contributed by atoms with Gasteiger partial charge in [0.05, 0.1) is 9.40 Å². The zero-order valence-electron chi connectivity index (χ0n) is 8.42. The quantitative estimate of drug-likeness (QED) is 0.494. The lowest BCUT2D eigenvalue weighted by Gasteiger charge is -1.99. The van der Waals surface area contributed by atoms with E-state index < -0.39 is 4.92 Å². The van der Waals surface area contributed by atoms with E-state index in [2.05, 4.69) is 15.9 Å². The number of carbonyl (C=O) groups is 1. The summed E-state index contributed by atoms with van der Waals surface area (Å²) in [4.78, 5) is 20.7. The molecular formula is C11H6BrNO4. The summed E-state index contributed by atoms with van der Waals surface area (Å²) < 4.78 is 5.58. The minimum absolute atomic E-state index is 0.0495. The predicted octanol–water partition coefficient (Wildman–Crippen LogP) is 3.43. The van der Waals surface area contributed by atoms with Crippen LogP contribution in [0.4, 0.5) is 5.69 Å². The number of rotatable bonds is 3. The van der Waals surface area contributed by atoms with Crippen molar-refractivity contribution in [3.05, 3.63) is 50.7 Å². The second kappa shape index (κ2) is 4.50. The molecule has 5 nitrogen and oxygen atoms in total. The van der Waals surface area contributed by atoms with E-state index in [9.17, 15) is 14.9 Å². The molecule has 0 spiro atoms. The smallest absolute Gasteiger partial charge is 0.284 e. The number of aldehydes is 1. The van der Waals surface area contributed by atoms with Crippen LogP contribution in [0.1, 0.15) is 10.6 Å². The summed E-state index contributed by atoms with van der Waals surface area (Å²) in [7, 11) is 0. The van der Waals surface area contributed by atoms with Gasteiger partial charge in [-0.1, -0.05) is 0 Å². The molecular weight excluding hydrogens is 290 g/mol. The fourth-order valence-corrected chi connectivity index (χ4v) is 1.77. The predicted molar refractivity (Wildman–Crippen MR) is 63.9 cm³/mol. The van der Waals surface area contributed by atoms with E-state index in [-0.39, 0.29) is 11.4 Å². The van der Waals surface area contributed by atoms with Gasteiger partial charge in [-0.2, -0.15) is 0 Å². The molecule has 0 radical (unpaired) electrons.